The van der Waals surface area contributed by atoms with E-state index in [1.54, 1.807) is 7.11 Å². The first kappa shape index (κ1) is 14.1. The van der Waals surface area contributed by atoms with Gasteiger partial charge in [0.1, 0.15) is 0 Å². The van der Waals surface area contributed by atoms with Crippen molar-refractivity contribution in [3.8, 4) is 0 Å². The molecule has 0 aliphatic rings. The molecule has 5 nitrogen and oxygen atoms in total. The average molecular weight is 241 g/mol. The van der Waals surface area contributed by atoms with Gasteiger partial charge >= 0.3 is 0 Å². The van der Waals surface area contributed by atoms with Crippen LogP contribution in [0.15, 0.2) is 4.52 Å². The first-order valence-electron chi connectivity index (χ1n) is 6.25. The Hall–Kier alpha value is -0.940. The summed E-state index contributed by atoms with van der Waals surface area (Å²) >= 11 is 0. The molecule has 98 valence electrons. The lowest BCUT2D eigenvalue weighted by Crippen LogP contribution is -2.35. The Balaban J connectivity index is 2.54. The molecule has 1 aromatic heterocycles. The van der Waals surface area contributed by atoms with E-state index in [-0.39, 0.29) is 0 Å². The lowest BCUT2D eigenvalue weighted by Gasteiger charge is -2.25. The minimum absolute atomic E-state index is 0.353. The molecule has 1 atom stereocenters. The van der Waals surface area contributed by atoms with Crippen molar-refractivity contribution in [1.29, 1.82) is 0 Å². The summed E-state index contributed by atoms with van der Waals surface area (Å²) in [6.45, 7) is 8.71. The third-order valence-electron chi connectivity index (χ3n) is 2.76. The zero-order valence-electron chi connectivity index (χ0n) is 11.3. The van der Waals surface area contributed by atoms with E-state index in [9.17, 15) is 0 Å². The highest BCUT2D eigenvalue weighted by atomic mass is 16.5. The molecular weight excluding hydrogens is 218 g/mol. The molecule has 1 rings (SSSR count). The maximum atomic E-state index is 5.23. The van der Waals surface area contributed by atoms with Crippen molar-refractivity contribution < 1.29 is 9.26 Å². The average Bonchev–Trinajstić information content (AvgIpc) is 2.74. The number of nitrogens with zero attached hydrogens (tertiary/aromatic N) is 3. The van der Waals surface area contributed by atoms with Crippen molar-refractivity contribution >= 4 is 0 Å². The van der Waals surface area contributed by atoms with Crippen LogP contribution in [0.2, 0.25) is 0 Å². The fraction of sp³-hybridized carbons (Fsp3) is 0.833. The van der Waals surface area contributed by atoms with Crippen LogP contribution < -0.4 is 0 Å². The monoisotopic (exact) mass is 241 g/mol. The molecule has 1 heterocycles. The maximum absolute atomic E-state index is 5.23. The third kappa shape index (κ3) is 4.44. The standard InChI is InChI=1S/C12H23N3O2/c1-5-7-11-13-12(17-14-11)8-15(6-2)10(3)9-16-4/h10H,5-9H2,1-4H3/t10-/m0/s1. The van der Waals surface area contributed by atoms with Gasteiger partial charge in [0, 0.05) is 19.6 Å². The summed E-state index contributed by atoms with van der Waals surface area (Å²) in [6, 6.07) is 0.353. The van der Waals surface area contributed by atoms with Gasteiger partial charge in [0.15, 0.2) is 5.82 Å². The van der Waals surface area contributed by atoms with Gasteiger partial charge in [-0.1, -0.05) is 19.0 Å². The molecule has 0 saturated carbocycles. The molecule has 0 saturated heterocycles. The fourth-order valence-corrected chi connectivity index (χ4v) is 1.78. The lowest BCUT2D eigenvalue weighted by molar-refractivity contribution is 0.0907. The number of hydrogen-bond acceptors (Lipinski definition) is 5. The quantitative estimate of drug-likeness (QED) is 0.695. The van der Waals surface area contributed by atoms with E-state index in [0.717, 1.165) is 25.2 Å². The van der Waals surface area contributed by atoms with Gasteiger partial charge in [-0.15, -0.1) is 0 Å². The van der Waals surface area contributed by atoms with E-state index in [0.29, 0.717) is 25.1 Å². The van der Waals surface area contributed by atoms with Gasteiger partial charge < -0.3 is 9.26 Å². The fourth-order valence-electron chi connectivity index (χ4n) is 1.78. The SMILES string of the molecule is CCCc1noc(CN(CC)[C@@H](C)COC)n1. The molecule has 0 aromatic carbocycles. The van der Waals surface area contributed by atoms with Crippen molar-refractivity contribution in [3.63, 3.8) is 0 Å². The first-order valence-corrected chi connectivity index (χ1v) is 6.25. The van der Waals surface area contributed by atoms with Crippen LogP contribution in [0.3, 0.4) is 0 Å². The van der Waals surface area contributed by atoms with Gasteiger partial charge in [0.05, 0.1) is 13.2 Å². The van der Waals surface area contributed by atoms with E-state index < -0.39 is 0 Å². The number of ether oxygens (including phenoxy) is 1. The van der Waals surface area contributed by atoms with Gasteiger partial charge in [-0.2, -0.15) is 4.98 Å². The normalized spacial score (nSPS) is 13.2. The van der Waals surface area contributed by atoms with Crippen molar-refractivity contribution in [2.24, 2.45) is 0 Å². The van der Waals surface area contributed by atoms with Crippen LogP contribution in [0, 0.1) is 0 Å². The van der Waals surface area contributed by atoms with E-state index in [1.807, 2.05) is 0 Å². The van der Waals surface area contributed by atoms with E-state index in [1.165, 1.54) is 0 Å². The second-order valence-electron chi connectivity index (χ2n) is 4.22. The topological polar surface area (TPSA) is 51.4 Å². The molecule has 0 aliphatic heterocycles. The molecule has 0 N–H and O–H groups in total. The first-order chi connectivity index (χ1) is 8.21. The summed E-state index contributed by atoms with van der Waals surface area (Å²) in [6.07, 6.45) is 1.92. The predicted molar refractivity (Wildman–Crippen MR) is 65.7 cm³/mol. The minimum Gasteiger partial charge on any atom is -0.383 e. The molecule has 0 aliphatic carbocycles. The van der Waals surface area contributed by atoms with Crippen molar-refractivity contribution in [2.75, 3.05) is 20.3 Å². The molecule has 0 spiro atoms. The van der Waals surface area contributed by atoms with Crippen LogP contribution in [-0.2, 0) is 17.7 Å². The Labute approximate surface area is 103 Å². The highest BCUT2D eigenvalue weighted by Gasteiger charge is 2.15. The van der Waals surface area contributed by atoms with Gasteiger partial charge in [0.2, 0.25) is 5.89 Å². The van der Waals surface area contributed by atoms with E-state index in [4.69, 9.17) is 9.26 Å². The van der Waals surface area contributed by atoms with Crippen LogP contribution in [0.25, 0.3) is 0 Å². The predicted octanol–water partition coefficient (Wildman–Crippen LogP) is 1.88. The Morgan fingerprint density at radius 2 is 2.18 bits per heavy atom. The number of hydrogen-bond donors (Lipinski definition) is 0. The van der Waals surface area contributed by atoms with Crippen molar-refractivity contribution in [3.05, 3.63) is 11.7 Å². The Kier molecular flexibility index (Phi) is 6.15. The Morgan fingerprint density at radius 1 is 1.41 bits per heavy atom. The lowest BCUT2D eigenvalue weighted by atomic mass is 10.3. The molecule has 0 radical (unpaired) electrons. The Bertz CT molecular complexity index is 314. The third-order valence-corrected chi connectivity index (χ3v) is 2.76. The van der Waals surface area contributed by atoms with Crippen molar-refractivity contribution in [1.82, 2.24) is 15.0 Å². The van der Waals surface area contributed by atoms with Crippen LogP contribution in [0.1, 0.15) is 38.9 Å². The Morgan fingerprint density at radius 3 is 2.76 bits per heavy atom. The highest BCUT2D eigenvalue weighted by molar-refractivity contribution is 4.87. The van der Waals surface area contributed by atoms with Crippen molar-refractivity contribution in [2.45, 2.75) is 46.2 Å². The number of methoxy groups -OCH3 is 1. The number of aryl methyl sites for hydroxylation is 1. The summed E-state index contributed by atoms with van der Waals surface area (Å²) in [4.78, 5) is 6.63. The molecule has 0 fully saturated rings. The van der Waals surface area contributed by atoms with Crippen LogP contribution in [0.5, 0.6) is 0 Å². The molecule has 0 unspecified atom stereocenters. The zero-order chi connectivity index (χ0) is 12.7. The maximum Gasteiger partial charge on any atom is 0.240 e. The summed E-state index contributed by atoms with van der Waals surface area (Å²) < 4.78 is 10.4. The van der Waals surface area contributed by atoms with Gasteiger partial charge in [-0.3, -0.25) is 4.90 Å². The molecule has 17 heavy (non-hydrogen) atoms. The highest BCUT2D eigenvalue weighted by Crippen LogP contribution is 2.07. The smallest absolute Gasteiger partial charge is 0.240 e. The number of rotatable bonds is 8. The van der Waals surface area contributed by atoms with Crippen LogP contribution in [-0.4, -0.2) is 41.3 Å². The van der Waals surface area contributed by atoms with Gasteiger partial charge in [-0.05, 0) is 19.9 Å². The number of likely N-dealkylation sites (N-methyl/N-ethyl adjacent to an activating group) is 1. The number of aromatic nitrogens is 2. The second kappa shape index (κ2) is 7.40. The molecular formula is C12H23N3O2. The van der Waals surface area contributed by atoms with Crippen LogP contribution in [0.4, 0.5) is 0 Å². The minimum atomic E-state index is 0.353. The summed E-state index contributed by atoms with van der Waals surface area (Å²) in [5, 5.41) is 3.95. The van der Waals surface area contributed by atoms with E-state index >= 15 is 0 Å². The largest absolute Gasteiger partial charge is 0.383 e. The second-order valence-corrected chi connectivity index (χ2v) is 4.22. The summed E-state index contributed by atoms with van der Waals surface area (Å²) in [5.41, 5.74) is 0. The van der Waals surface area contributed by atoms with E-state index in [2.05, 4.69) is 35.8 Å². The summed E-state index contributed by atoms with van der Waals surface area (Å²) in [5.74, 6) is 1.50. The summed E-state index contributed by atoms with van der Waals surface area (Å²) in [7, 11) is 1.72. The van der Waals surface area contributed by atoms with Gasteiger partial charge in [-0.25, -0.2) is 0 Å². The zero-order valence-corrected chi connectivity index (χ0v) is 11.3. The van der Waals surface area contributed by atoms with Crippen LogP contribution >= 0.6 is 0 Å². The molecule has 0 bridgehead atoms. The molecule has 0 amide bonds. The molecule has 1 aromatic rings. The molecule has 5 heteroatoms. The van der Waals surface area contributed by atoms with Gasteiger partial charge in [0.25, 0.3) is 0 Å².